The predicted molar refractivity (Wildman–Crippen MR) is 104 cm³/mol. The first kappa shape index (κ1) is 17.9. The van der Waals surface area contributed by atoms with E-state index in [0.29, 0.717) is 28.7 Å². The summed E-state index contributed by atoms with van der Waals surface area (Å²) in [5.74, 6) is 2.02. The van der Waals surface area contributed by atoms with Crippen LogP contribution in [-0.2, 0) is 6.61 Å². The molecule has 1 aromatic heterocycles. The van der Waals surface area contributed by atoms with Gasteiger partial charge in [0.25, 0.3) is 0 Å². The average molecular weight is 368 g/mol. The molecule has 3 aromatic rings. The summed E-state index contributed by atoms with van der Waals surface area (Å²) < 4.78 is 13.3. The molecule has 134 valence electrons. The molecule has 0 fully saturated rings. The van der Waals surface area contributed by atoms with Crippen molar-refractivity contribution in [3.63, 3.8) is 0 Å². The summed E-state index contributed by atoms with van der Waals surface area (Å²) in [5.41, 5.74) is 3.18. The third-order valence-electron chi connectivity index (χ3n) is 3.84. The maximum atomic E-state index is 5.95. The first-order valence-electron chi connectivity index (χ1n) is 8.11. The van der Waals surface area contributed by atoms with Crippen LogP contribution in [0.2, 0.25) is 0 Å². The van der Waals surface area contributed by atoms with Gasteiger partial charge >= 0.3 is 0 Å². The van der Waals surface area contributed by atoms with Crippen LogP contribution in [0, 0.1) is 18.6 Å². The van der Waals surface area contributed by atoms with Crippen molar-refractivity contribution >= 4 is 18.4 Å². The number of H-pyrrole nitrogens is 1. The van der Waals surface area contributed by atoms with Gasteiger partial charge < -0.3 is 9.47 Å². The van der Waals surface area contributed by atoms with Gasteiger partial charge in [0, 0.05) is 0 Å². The fourth-order valence-corrected chi connectivity index (χ4v) is 2.59. The number of aryl methyl sites for hydroxylation is 2. The Morgan fingerprint density at radius 1 is 1.15 bits per heavy atom. The molecule has 3 rings (SSSR count). The summed E-state index contributed by atoms with van der Waals surface area (Å²) in [6.07, 6.45) is 1.70. The third kappa shape index (κ3) is 4.18. The number of ether oxygens (including phenoxy) is 2. The van der Waals surface area contributed by atoms with Gasteiger partial charge in [-0.05, 0) is 55.4 Å². The van der Waals surface area contributed by atoms with E-state index >= 15 is 0 Å². The van der Waals surface area contributed by atoms with Gasteiger partial charge in [0.15, 0.2) is 11.5 Å². The number of rotatable bonds is 6. The number of hydrogen-bond donors (Lipinski definition) is 1. The molecule has 0 bridgehead atoms. The fourth-order valence-electron chi connectivity index (χ4n) is 2.36. The number of aromatic nitrogens is 3. The van der Waals surface area contributed by atoms with Gasteiger partial charge in [0.05, 0.1) is 13.3 Å². The Morgan fingerprint density at radius 2 is 1.92 bits per heavy atom. The molecule has 1 N–H and O–H groups in total. The van der Waals surface area contributed by atoms with Crippen LogP contribution in [0.1, 0.15) is 22.5 Å². The smallest absolute Gasteiger partial charge is 0.216 e. The molecule has 0 atom stereocenters. The zero-order valence-corrected chi connectivity index (χ0v) is 15.7. The van der Waals surface area contributed by atoms with E-state index in [4.69, 9.17) is 21.7 Å². The molecule has 0 unspecified atom stereocenters. The Balaban J connectivity index is 1.79. The number of nitrogens with zero attached hydrogens (tertiary/aromatic N) is 3. The SMILES string of the molecule is COc1ccc(/C=N\n2c(C)n[nH]c2=S)cc1OCc1ccc(C)cc1. The molecule has 6 nitrogen and oxygen atoms in total. The molecule has 0 saturated carbocycles. The largest absolute Gasteiger partial charge is 0.493 e. The van der Waals surface area contributed by atoms with Crippen molar-refractivity contribution in [2.75, 3.05) is 7.11 Å². The first-order chi connectivity index (χ1) is 12.6. The van der Waals surface area contributed by atoms with Crippen molar-refractivity contribution in [2.45, 2.75) is 20.5 Å². The minimum atomic E-state index is 0.447. The van der Waals surface area contributed by atoms with Crippen LogP contribution in [0.3, 0.4) is 0 Å². The van der Waals surface area contributed by atoms with E-state index in [1.54, 1.807) is 18.0 Å². The highest BCUT2D eigenvalue weighted by Crippen LogP contribution is 2.28. The van der Waals surface area contributed by atoms with Crippen molar-refractivity contribution in [3.8, 4) is 11.5 Å². The van der Waals surface area contributed by atoms with Crippen LogP contribution in [-0.4, -0.2) is 28.2 Å². The topological polar surface area (TPSA) is 64.4 Å². The number of methoxy groups -OCH3 is 1. The molecule has 7 heteroatoms. The van der Waals surface area contributed by atoms with E-state index in [1.165, 1.54) is 5.56 Å². The van der Waals surface area contributed by atoms with Crippen molar-refractivity contribution in [1.82, 2.24) is 14.9 Å². The number of aromatic amines is 1. The second-order valence-corrected chi connectivity index (χ2v) is 6.20. The van der Waals surface area contributed by atoms with Crippen molar-refractivity contribution in [2.24, 2.45) is 5.10 Å². The van der Waals surface area contributed by atoms with E-state index in [9.17, 15) is 0 Å². The van der Waals surface area contributed by atoms with Crippen molar-refractivity contribution in [3.05, 3.63) is 69.8 Å². The molecule has 0 aliphatic heterocycles. The van der Waals surface area contributed by atoms with E-state index in [2.05, 4.69) is 46.5 Å². The zero-order valence-electron chi connectivity index (χ0n) is 14.9. The number of hydrogen-bond acceptors (Lipinski definition) is 5. The Labute approximate surface area is 157 Å². The Hall–Kier alpha value is -2.93. The van der Waals surface area contributed by atoms with Gasteiger partial charge in [-0.25, -0.2) is 0 Å². The second-order valence-electron chi connectivity index (χ2n) is 5.82. The number of nitrogens with one attached hydrogen (secondary N) is 1. The van der Waals surface area contributed by atoms with Gasteiger partial charge in [-0.2, -0.15) is 14.9 Å². The Kier molecular flexibility index (Phi) is 5.48. The lowest BCUT2D eigenvalue weighted by Crippen LogP contribution is -1.99. The maximum Gasteiger partial charge on any atom is 0.216 e. The highest BCUT2D eigenvalue weighted by molar-refractivity contribution is 7.71. The lowest BCUT2D eigenvalue weighted by molar-refractivity contribution is 0.284. The molecular formula is C19H20N4O2S. The van der Waals surface area contributed by atoms with Crippen molar-refractivity contribution < 1.29 is 9.47 Å². The molecule has 0 amide bonds. The highest BCUT2D eigenvalue weighted by atomic mass is 32.1. The summed E-state index contributed by atoms with van der Waals surface area (Å²) in [5, 5.41) is 11.1. The molecule has 0 radical (unpaired) electrons. The molecular weight excluding hydrogens is 348 g/mol. The van der Waals surface area contributed by atoms with E-state index in [1.807, 2.05) is 25.1 Å². The monoisotopic (exact) mass is 368 g/mol. The average Bonchev–Trinajstić information content (AvgIpc) is 2.97. The normalized spacial score (nSPS) is 11.0. The summed E-state index contributed by atoms with van der Waals surface area (Å²) in [6.45, 7) is 4.35. The van der Waals surface area contributed by atoms with Crippen LogP contribution in [0.15, 0.2) is 47.6 Å². The van der Waals surface area contributed by atoms with E-state index in [0.717, 1.165) is 11.1 Å². The highest BCUT2D eigenvalue weighted by Gasteiger charge is 2.06. The van der Waals surface area contributed by atoms with E-state index in [-0.39, 0.29) is 0 Å². The quantitative estimate of drug-likeness (QED) is 0.527. The van der Waals surface area contributed by atoms with Gasteiger partial charge in [0.1, 0.15) is 12.4 Å². The van der Waals surface area contributed by atoms with Gasteiger partial charge in [-0.15, -0.1) is 0 Å². The van der Waals surface area contributed by atoms with Crippen molar-refractivity contribution in [1.29, 1.82) is 0 Å². The second kappa shape index (κ2) is 7.97. The molecule has 1 heterocycles. The van der Waals surface area contributed by atoms with E-state index < -0.39 is 0 Å². The summed E-state index contributed by atoms with van der Waals surface area (Å²) in [4.78, 5) is 0. The lowest BCUT2D eigenvalue weighted by Gasteiger charge is -2.11. The summed E-state index contributed by atoms with van der Waals surface area (Å²) >= 11 is 5.14. The lowest BCUT2D eigenvalue weighted by atomic mass is 10.1. The molecule has 0 spiro atoms. The molecule has 0 saturated heterocycles. The Morgan fingerprint density at radius 3 is 2.58 bits per heavy atom. The minimum Gasteiger partial charge on any atom is -0.493 e. The predicted octanol–water partition coefficient (Wildman–Crippen LogP) is 4.03. The summed E-state index contributed by atoms with van der Waals surface area (Å²) in [6, 6.07) is 13.9. The molecule has 0 aliphatic carbocycles. The Bertz CT molecular complexity index is 974. The first-order valence-corrected chi connectivity index (χ1v) is 8.52. The minimum absolute atomic E-state index is 0.447. The molecule has 26 heavy (non-hydrogen) atoms. The molecule has 2 aromatic carbocycles. The van der Waals surface area contributed by atoms with Crippen LogP contribution >= 0.6 is 12.2 Å². The standard InChI is InChI=1S/C19H20N4O2S/c1-13-4-6-15(7-5-13)12-25-18-10-16(8-9-17(18)24-3)11-20-23-14(2)21-22-19(23)26/h4-11H,12H2,1-3H3,(H,22,26)/b20-11-. The molecule has 0 aliphatic rings. The van der Waals surface area contributed by atoms with Gasteiger partial charge in [0.2, 0.25) is 4.77 Å². The van der Waals surface area contributed by atoms with Crippen LogP contribution in [0.25, 0.3) is 0 Å². The third-order valence-corrected chi connectivity index (χ3v) is 4.10. The van der Waals surface area contributed by atoms with Crippen LogP contribution in [0.5, 0.6) is 11.5 Å². The zero-order chi connectivity index (χ0) is 18.5. The fraction of sp³-hybridized carbons (Fsp3) is 0.211. The van der Waals surface area contributed by atoms with Gasteiger partial charge in [-0.3, -0.25) is 5.10 Å². The summed E-state index contributed by atoms with van der Waals surface area (Å²) in [7, 11) is 1.62. The maximum absolute atomic E-state index is 5.95. The van der Waals surface area contributed by atoms with Gasteiger partial charge in [-0.1, -0.05) is 29.8 Å². The van der Waals surface area contributed by atoms with Crippen LogP contribution < -0.4 is 9.47 Å². The van der Waals surface area contributed by atoms with Crippen LogP contribution in [0.4, 0.5) is 0 Å². The number of benzene rings is 2.